The maximum Gasteiger partial charge on any atom is 0.410 e. The minimum absolute atomic E-state index is 0.143. The summed E-state index contributed by atoms with van der Waals surface area (Å²) < 4.78 is 27.3. The summed E-state index contributed by atoms with van der Waals surface area (Å²) in [6.45, 7) is 8.13. The molecule has 1 fully saturated rings. The average Bonchev–Trinajstić information content (AvgIpc) is 2.86. The van der Waals surface area contributed by atoms with Gasteiger partial charge in [-0.25, -0.2) is 9.18 Å². The van der Waals surface area contributed by atoms with Crippen LogP contribution in [0.5, 0.6) is 5.75 Å². The second kappa shape index (κ2) is 9.31. The van der Waals surface area contributed by atoms with Crippen LogP contribution in [0.2, 0.25) is 5.02 Å². The number of ether oxygens (including phenoxy) is 2. The molecule has 3 heterocycles. The Labute approximate surface area is 225 Å². The van der Waals surface area contributed by atoms with E-state index in [0.717, 1.165) is 5.56 Å². The first-order chi connectivity index (χ1) is 17.9. The molecule has 1 aromatic heterocycles. The van der Waals surface area contributed by atoms with Crippen molar-refractivity contribution < 1.29 is 23.5 Å². The Bertz CT molecular complexity index is 1470. The molecule has 0 N–H and O–H groups in total. The number of likely N-dealkylation sites (N-methyl/N-ethyl adjacent to an activating group) is 1. The number of aromatic nitrogens is 1. The van der Waals surface area contributed by atoms with Crippen molar-refractivity contribution in [3.63, 3.8) is 0 Å². The van der Waals surface area contributed by atoms with Gasteiger partial charge in [-0.15, -0.1) is 0 Å². The molecule has 0 unspecified atom stereocenters. The van der Waals surface area contributed by atoms with Gasteiger partial charge in [-0.2, -0.15) is 0 Å². The van der Waals surface area contributed by atoms with Crippen LogP contribution in [0.4, 0.5) is 20.6 Å². The van der Waals surface area contributed by atoms with Gasteiger partial charge in [-0.05, 0) is 45.4 Å². The summed E-state index contributed by atoms with van der Waals surface area (Å²) in [5, 5.41) is 0.706. The molecule has 2 aliphatic heterocycles. The molecule has 0 radical (unpaired) electrons. The molecule has 2 amide bonds. The number of nitrogens with zero attached hydrogens (tertiary/aromatic N) is 4. The highest BCUT2D eigenvalue weighted by Gasteiger charge is 2.43. The molecule has 0 saturated carbocycles. The topological polar surface area (TPSA) is 75.2 Å². The first-order valence-corrected chi connectivity index (χ1v) is 12.8. The van der Waals surface area contributed by atoms with Crippen LogP contribution in [0.1, 0.15) is 26.3 Å². The number of pyridine rings is 1. The van der Waals surface area contributed by atoms with Crippen molar-refractivity contribution in [2.24, 2.45) is 0 Å². The number of hydrogen-bond acceptors (Lipinski definition) is 6. The van der Waals surface area contributed by atoms with Gasteiger partial charge in [0.1, 0.15) is 22.9 Å². The lowest BCUT2D eigenvalue weighted by atomic mass is 9.95. The zero-order chi connectivity index (χ0) is 27.5. The normalized spacial score (nSPS) is 17.4. The van der Waals surface area contributed by atoms with E-state index in [4.69, 9.17) is 21.1 Å². The monoisotopic (exact) mass is 540 g/mol. The molecule has 1 atom stereocenters. The van der Waals surface area contributed by atoms with Crippen molar-refractivity contribution in [1.29, 1.82) is 0 Å². The molecule has 5 rings (SSSR count). The zero-order valence-corrected chi connectivity index (χ0v) is 23.0. The summed E-state index contributed by atoms with van der Waals surface area (Å²) in [5.41, 5.74) is 2.30. The van der Waals surface area contributed by atoms with Crippen molar-refractivity contribution >= 4 is 45.9 Å². The number of aryl methyl sites for hydroxylation is 1. The minimum atomic E-state index is -0.655. The van der Waals surface area contributed by atoms with Crippen molar-refractivity contribution in [2.75, 3.05) is 43.6 Å². The summed E-state index contributed by atoms with van der Waals surface area (Å²) in [4.78, 5) is 35.5. The lowest BCUT2D eigenvalue weighted by Gasteiger charge is -2.47. The van der Waals surface area contributed by atoms with Crippen LogP contribution >= 0.6 is 11.6 Å². The summed E-state index contributed by atoms with van der Waals surface area (Å²) in [6.07, 6.45) is 1.05. The molecule has 1 saturated heterocycles. The Kier molecular flexibility index (Phi) is 6.38. The van der Waals surface area contributed by atoms with E-state index in [9.17, 15) is 9.59 Å². The molecule has 38 heavy (non-hydrogen) atoms. The number of fused-ring (bicyclic) bond motifs is 5. The SMILES string of the molecule is COc1cccc(C)c1-c1c(Cl)cc2c3c(cnc2c1F)N(C)C(=O)[C@H]1CN(C(=O)OC(C)(C)C)CCN31. The van der Waals surface area contributed by atoms with Crippen LogP contribution in [-0.2, 0) is 9.53 Å². The lowest BCUT2D eigenvalue weighted by molar-refractivity contribution is -0.120. The number of rotatable bonds is 2. The highest BCUT2D eigenvalue weighted by Crippen LogP contribution is 2.47. The molecule has 200 valence electrons. The third-order valence-corrected chi connectivity index (χ3v) is 7.30. The number of anilines is 2. The highest BCUT2D eigenvalue weighted by molar-refractivity contribution is 6.35. The molecule has 10 heteroatoms. The van der Waals surface area contributed by atoms with Gasteiger partial charge in [0, 0.05) is 36.7 Å². The number of amides is 2. The molecular formula is C28H30ClFN4O4. The van der Waals surface area contributed by atoms with E-state index in [0.29, 0.717) is 41.2 Å². The third-order valence-electron chi connectivity index (χ3n) is 7.01. The Hall–Kier alpha value is -3.59. The summed E-state index contributed by atoms with van der Waals surface area (Å²) >= 11 is 6.76. The van der Waals surface area contributed by atoms with E-state index in [2.05, 4.69) is 4.98 Å². The first-order valence-electron chi connectivity index (χ1n) is 12.4. The summed E-state index contributed by atoms with van der Waals surface area (Å²) in [6, 6.07) is 6.51. The van der Waals surface area contributed by atoms with Crippen molar-refractivity contribution in [1.82, 2.24) is 9.88 Å². The predicted molar refractivity (Wildman–Crippen MR) is 146 cm³/mol. The standard InChI is InChI=1S/C28H30ClFN4O4/c1-15-8-7-9-20(37-6)21(15)22-17(29)12-16-24(23(22)30)31-13-18-25(16)34-11-10-33(27(36)38-28(2,3)4)14-19(34)26(35)32(18)5/h7-9,12-13,19H,10-11,14H2,1-6H3/t19-/m1/s1. The molecule has 2 aromatic carbocycles. The number of methoxy groups -OCH3 is 1. The van der Waals surface area contributed by atoms with Gasteiger partial charge < -0.3 is 24.2 Å². The Morgan fingerprint density at radius 1 is 1.21 bits per heavy atom. The van der Waals surface area contributed by atoms with Gasteiger partial charge in [0.15, 0.2) is 5.82 Å². The van der Waals surface area contributed by atoms with Crippen LogP contribution in [0.15, 0.2) is 30.5 Å². The summed E-state index contributed by atoms with van der Waals surface area (Å²) in [7, 11) is 3.19. The van der Waals surface area contributed by atoms with E-state index < -0.39 is 23.6 Å². The zero-order valence-electron chi connectivity index (χ0n) is 22.3. The Balaban J connectivity index is 1.63. The van der Waals surface area contributed by atoms with Crippen molar-refractivity contribution in [2.45, 2.75) is 39.3 Å². The lowest BCUT2D eigenvalue weighted by Crippen LogP contribution is -2.63. The maximum atomic E-state index is 16.2. The van der Waals surface area contributed by atoms with Gasteiger partial charge >= 0.3 is 6.09 Å². The quantitative estimate of drug-likeness (QED) is 0.432. The number of carbonyl (C=O) groups excluding carboxylic acids is 2. The van der Waals surface area contributed by atoms with Crippen LogP contribution in [0.3, 0.4) is 0 Å². The summed E-state index contributed by atoms with van der Waals surface area (Å²) in [5.74, 6) is -0.238. The number of halogens is 2. The van der Waals surface area contributed by atoms with Crippen molar-refractivity contribution in [3.05, 3.63) is 46.9 Å². The smallest absolute Gasteiger partial charge is 0.410 e. The van der Waals surface area contributed by atoms with Crippen molar-refractivity contribution in [3.8, 4) is 16.9 Å². The maximum absolute atomic E-state index is 16.2. The molecular weight excluding hydrogens is 511 g/mol. The van der Waals surface area contributed by atoms with Gasteiger partial charge in [0.25, 0.3) is 5.91 Å². The largest absolute Gasteiger partial charge is 0.496 e. The highest BCUT2D eigenvalue weighted by atomic mass is 35.5. The molecule has 0 bridgehead atoms. The van der Waals surface area contributed by atoms with Crippen LogP contribution in [0, 0.1) is 12.7 Å². The second-order valence-electron chi connectivity index (χ2n) is 10.6. The van der Waals surface area contributed by atoms with Crippen LogP contribution in [0.25, 0.3) is 22.0 Å². The van der Waals surface area contributed by atoms with Gasteiger partial charge in [-0.1, -0.05) is 23.7 Å². The second-order valence-corrected chi connectivity index (χ2v) is 11.0. The number of carbonyl (C=O) groups is 2. The van der Waals surface area contributed by atoms with Gasteiger partial charge in [-0.3, -0.25) is 9.78 Å². The molecule has 8 nitrogen and oxygen atoms in total. The van der Waals surface area contributed by atoms with E-state index in [1.165, 1.54) is 18.2 Å². The molecule has 0 aliphatic carbocycles. The number of piperazine rings is 1. The van der Waals surface area contributed by atoms with E-state index >= 15 is 4.39 Å². The Morgan fingerprint density at radius 3 is 2.63 bits per heavy atom. The fraction of sp³-hybridized carbons (Fsp3) is 0.393. The van der Waals surface area contributed by atoms with Crippen LogP contribution < -0.4 is 14.5 Å². The van der Waals surface area contributed by atoms with Gasteiger partial charge in [0.2, 0.25) is 0 Å². The fourth-order valence-corrected chi connectivity index (χ4v) is 5.53. The molecule has 0 spiro atoms. The number of benzene rings is 2. The Morgan fingerprint density at radius 2 is 1.95 bits per heavy atom. The molecule has 2 aliphatic rings. The predicted octanol–water partition coefficient (Wildman–Crippen LogP) is 5.41. The van der Waals surface area contributed by atoms with E-state index in [1.54, 1.807) is 44.9 Å². The first kappa shape index (κ1) is 26.0. The third kappa shape index (κ3) is 4.18. The van der Waals surface area contributed by atoms with Gasteiger partial charge in [0.05, 0.1) is 36.2 Å². The molecule has 3 aromatic rings. The number of hydrogen-bond donors (Lipinski definition) is 0. The van der Waals surface area contributed by atoms with Crippen LogP contribution in [-0.4, -0.2) is 67.3 Å². The minimum Gasteiger partial charge on any atom is -0.496 e. The van der Waals surface area contributed by atoms with E-state index in [1.807, 2.05) is 24.0 Å². The average molecular weight is 541 g/mol. The fourth-order valence-electron chi connectivity index (χ4n) is 5.24. The van der Waals surface area contributed by atoms with E-state index in [-0.39, 0.29) is 28.6 Å².